The minimum Gasteiger partial charge on any atom is -0.422 e. The first-order valence-electron chi connectivity index (χ1n) is 10.5. The molecule has 35 heavy (non-hydrogen) atoms. The summed E-state index contributed by atoms with van der Waals surface area (Å²) >= 11 is 8.34. The zero-order valence-electron chi connectivity index (χ0n) is 18.0. The molecule has 4 aromatic carbocycles. The van der Waals surface area contributed by atoms with Crippen molar-refractivity contribution in [3.8, 4) is 5.75 Å². The largest absolute Gasteiger partial charge is 0.422 e. The number of ether oxygens (including phenoxy) is 1. The molecule has 0 saturated heterocycles. The summed E-state index contributed by atoms with van der Waals surface area (Å²) in [6.07, 6.45) is 0. The van der Waals surface area contributed by atoms with Gasteiger partial charge in [0.1, 0.15) is 16.5 Å². The van der Waals surface area contributed by atoms with Gasteiger partial charge in [-0.05, 0) is 82.6 Å². The Morgan fingerprint density at radius 2 is 1.51 bits per heavy atom. The number of carbonyl (C=O) groups is 3. The highest BCUT2D eigenvalue weighted by Crippen LogP contribution is 2.31. The van der Waals surface area contributed by atoms with Gasteiger partial charge >= 0.3 is 5.97 Å². The molecule has 0 aromatic heterocycles. The van der Waals surface area contributed by atoms with Gasteiger partial charge in [0, 0.05) is 14.6 Å². The highest BCUT2D eigenvalue weighted by atomic mass is 127. The number of carbonyl (C=O) groups excluding carboxylic acids is 3. The van der Waals surface area contributed by atoms with Crippen molar-refractivity contribution in [3.63, 3.8) is 0 Å². The van der Waals surface area contributed by atoms with Crippen molar-refractivity contribution in [2.24, 2.45) is 0 Å². The van der Waals surface area contributed by atoms with E-state index in [-0.39, 0.29) is 10.7 Å². The van der Waals surface area contributed by atoms with Crippen LogP contribution in [0.5, 0.6) is 5.75 Å². The number of amides is 2. The molecule has 1 heterocycles. The second-order valence-corrected chi connectivity index (χ2v) is 9.30. The van der Waals surface area contributed by atoms with Crippen LogP contribution in [0.4, 0.5) is 11.4 Å². The van der Waals surface area contributed by atoms with E-state index in [9.17, 15) is 14.4 Å². The van der Waals surface area contributed by atoms with Crippen LogP contribution < -0.4 is 15.0 Å². The van der Waals surface area contributed by atoms with Crippen molar-refractivity contribution >= 4 is 74.1 Å². The Labute approximate surface area is 219 Å². The van der Waals surface area contributed by atoms with E-state index in [2.05, 4.69) is 27.9 Å². The second-order valence-electron chi connectivity index (χ2n) is 7.68. The summed E-state index contributed by atoms with van der Waals surface area (Å²) in [6.45, 7) is 0. The first kappa shape index (κ1) is 23.1. The molecule has 5 rings (SSSR count). The molecule has 1 aliphatic rings. The summed E-state index contributed by atoms with van der Waals surface area (Å²) < 4.78 is 6.58. The first-order valence-corrected chi connectivity index (χ1v) is 12.0. The number of nitrogens with zero attached hydrogens (tertiary/aromatic N) is 1. The van der Waals surface area contributed by atoms with Crippen LogP contribution in [-0.4, -0.2) is 17.8 Å². The third-order valence-corrected chi connectivity index (χ3v) is 6.52. The van der Waals surface area contributed by atoms with Gasteiger partial charge in [-0.25, -0.2) is 9.69 Å². The standard InChI is InChI=1S/C27H16ClIN2O4/c28-23-24(26(33)31(25(23)32)20-14-10-18(29)11-15-20)30-19-12-8-17(9-13-19)27(34)35-22-7-3-5-16-4-1-2-6-21(16)22/h1-15,30H. The van der Waals surface area contributed by atoms with Crippen LogP contribution in [0.2, 0.25) is 0 Å². The van der Waals surface area contributed by atoms with Gasteiger partial charge in [0.05, 0.1) is 11.3 Å². The van der Waals surface area contributed by atoms with E-state index < -0.39 is 17.8 Å². The number of fused-ring (bicyclic) bond motifs is 1. The lowest BCUT2D eigenvalue weighted by Crippen LogP contribution is -2.32. The van der Waals surface area contributed by atoms with Crippen LogP contribution in [0, 0.1) is 3.57 Å². The van der Waals surface area contributed by atoms with Crippen molar-refractivity contribution in [2.45, 2.75) is 0 Å². The second kappa shape index (κ2) is 9.52. The molecule has 4 aromatic rings. The molecule has 1 aliphatic heterocycles. The lowest BCUT2D eigenvalue weighted by molar-refractivity contribution is -0.120. The summed E-state index contributed by atoms with van der Waals surface area (Å²) in [7, 11) is 0. The number of esters is 1. The van der Waals surface area contributed by atoms with Gasteiger partial charge in [0.2, 0.25) is 0 Å². The van der Waals surface area contributed by atoms with Crippen molar-refractivity contribution < 1.29 is 19.1 Å². The fourth-order valence-corrected chi connectivity index (χ4v) is 4.29. The zero-order chi connectivity index (χ0) is 24.5. The normalized spacial score (nSPS) is 13.5. The number of hydrogen-bond donors (Lipinski definition) is 1. The smallest absolute Gasteiger partial charge is 0.343 e. The summed E-state index contributed by atoms with van der Waals surface area (Å²) in [4.78, 5) is 39.3. The van der Waals surface area contributed by atoms with E-state index in [1.807, 2.05) is 36.4 Å². The maximum Gasteiger partial charge on any atom is 0.343 e. The average Bonchev–Trinajstić information content (AvgIpc) is 3.08. The van der Waals surface area contributed by atoms with Crippen molar-refractivity contribution in [1.82, 2.24) is 0 Å². The summed E-state index contributed by atoms with van der Waals surface area (Å²) in [5.41, 5.74) is 1.23. The van der Waals surface area contributed by atoms with E-state index in [4.69, 9.17) is 16.3 Å². The Hall–Kier alpha value is -3.69. The molecule has 8 heteroatoms. The number of anilines is 2. The van der Waals surface area contributed by atoms with Gasteiger partial charge in [-0.2, -0.15) is 0 Å². The Morgan fingerprint density at radius 3 is 2.26 bits per heavy atom. The molecular formula is C27H16ClIN2O4. The van der Waals surface area contributed by atoms with Crippen molar-refractivity contribution in [2.75, 3.05) is 10.2 Å². The minimum atomic E-state index is -0.601. The molecule has 0 saturated carbocycles. The molecule has 0 spiro atoms. The molecule has 0 aliphatic carbocycles. The lowest BCUT2D eigenvalue weighted by atomic mass is 10.1. The van der Waals surface area contributed by atoms with Crippen molar-refractivity contribution in [3.05, 3.63) is 111 Å². The maximum atomic E-state index is 12.9. The maximum absolute atomic E-state index is 12.9. The topological polar surface area (TPSA) is 75.7 Å². The lowest BCUT2D eigenvalue weighted by Gasteiger charge is -2.15. The van der Waals surface area contributed by atoms with E-state index in [1.165, 1.54) is 0 Å². The molecule has 2 amide bonds. The zero-order valence-corrected chi connectivity index (χ0v) is 20.9. The summed E-state index contributed by atoms with van der Waals surface area (Å²) in [6, 6.07) is 26.5. The first-order chi connectivity index (χ1) is 16.9. The van der Waals surface area contributed by atoms with Crippen molar-refractivity contribution in [1.29, 1.82) is 0 Å². The summed E-state index contributed by atoms with van der Waals surface area (Å²) in [5.74, 6) is -1.20. The molecule has 0 atom stereocenters. The van der Waals surface area contributed by atoms with E-state index in [1.54, 1.807) is 54.6 Å². The fraction of sp³-hybridized carbons (Fsp3) is 0. The fourth-order valence-electron chi connectivity index (χ4n) is 3.71. The molecule has 0 unspecified atom stereocenters. The Bertz CT molecular complexity index is 1510. The predicted octanol–water partition coefficient (Wildman–Crippen LogP) is 6.10. The van der Waals surface area contributed by atoms with Crippen LogP contribution in [0.15, 0.2) is 102 Å². The van der Waals surface area contributed by atoms with Gasteiger partial charge in [0.25, 0.3) is 11.8 Å². The molecular weight excluding hydrogens is 579 g/mol. The van der Waals surface area contributed by atoms with Crippen LogP contribution >= 0.6 is 34.2 Å². The molecule has 0 radical (unpaired) electrons. The summed E-state index contributed by atoms with van der Waals surface area (Å²) in [5, 5.41) is 4.51. The van der Waals surface area contributed by atoms with E-state index in [0.717, 1.165) is 19.2 Å². The highest BCUT2D eigenvalue weighted by Gasteiger charge is 2.38. The molecule has 0 bridgehead atoms. The molecule has 1 N–H and O–H groups in total. The van der Waals surface area contributed by atoms with E-state index in [0.29, 0.717) is 22.7 Å². The number of nitrogens with one attached hydrogen (secondary N) is 1. The van der Waals surface area contributed by atoms with Crippen LogP contribution in [0.1, 0.15) is 10.4 Å². The highest BCUT2D eigenvalue weighted by molar-refractivity contribution is 14.1. The number of benzene rings is 4. The van der Waals surface area contributed by atoms with Crippen LogP contribution in [-0.2, 0) is 9.59 Å². The van der Waals surface area contributed by atoms with Crippen LogP contribution in [0.25, 0.3) is 10.8 Å². The number of halogens is 2. The van der Waals surface area contributed by atoms with Gasteiger partial charge in [0.15, 0.2) is 0 Å². The molecule has 6 nitrogen and oxygen atoms in total. The number of imide groups is 1. The Morgan fingerprint density at radius 1 is 0.829 bits per heavy atom. The van der Waals surface area contributed by atoms with E-state index >= 15 is 0 Å². The SMILES string of the molecule is O=C(Oc1cccc2ccccc12)c1ccc(NC2=C(Cl)C(=O)N(c3ccc(I)cc3)C2=O)cc1. The predicted molar refractivity (Wildman–Crippen MR) is 144 cm³/mol. The number of rotatable bonds is 5. The Balaban J connectivity index is 1.31. The molecule has 0 fully saturated rings. The molecule has 172 valence electrons. The van der Waals surface area contributed by atoms with Gasteiger partial charge in [-0.3, -0.25) is 9.59 Å². The minimum absolute atomic E-state index is 0.0266. The monoisotopic (exact) mass is 594 g/mol. The van der Waals surface area contributed by atoms with Gasteiger partial charge in [-0.1, -0.05) is 48.0 Å². The van der Waals surface area contributed by atoms with Gasteiger partial charge < -0.3 is 10.1 Å². The quantitative estimate of drug-likeness (QED) is 0.131. The average molecular weight is 595 g/mol. The van der Waals surface area contributed by atoms with Crippen LogP contribution in [0.3, 0.4) is 0 Å². The third kappa shape index (κ3) is 4.52. The third-order valence-electron chi connectivity index (χ3n) is 5.45. The number of hydrogen-bond acceptors (Lipinski definition) is 5. The Kier molecular flexibility index (Phi) is 6.27. The van der Waals surface area contributed by atoms with Gasteiger partial charge in [-0.15, -0.1) is 0 Å².